The molecule has 0 aliphatic heterocycles. The quantitative estimate of drug-likeness (QED) is 0.296. The van der Waals surface area contributed by atoms with Gasteiger partial charge in [-0.15, -0.1) is 5.10 Å². The van der Waals surface area contributed by atoms with Gasteiger partial charge in [0.25, 0.3) is 5.56 Å². The van der Waals surface area contributed by atoms with Gasteiger partial charge in [-0.2, -0.15) is 9.78 Å². The highest BCUT2D eigenvalue weighted by Crippen LogP contribution is 2.32. The summed E-state index contributed by atoms with van der Waals surface area (Å²) in [5, 5.41) is 12.0. The molecule has 0 atom stereocenters. The monoisotopic (exact) mass is 548 g/mol. The lowest BCUT2D eigenvalue weighted by molar-refractivity contribution is 0.0989. The Kier molecular flexibility index (Phi) is 7.07. The number of nitrogens with zero attached hydrogens (tertiary/aromatic N) is 5. The van der Waals surface area contributed by atoms with Crippen molar-refractivity contribution in [3.63, 3.8) is 0 Å². The topological polar surface area (TPSA) is 99.7 Å². The minimum Gasteiger partial charge on any atom is -0.369 e. The van der Waals surface area contributed by atoms with Gasteiger partial charge in [-0.3, -0.25) is 19.0 Å². The zero-order valence-electron chi connectivity index (χ0n) is 21.7. The molecule has 0 bridgehead atoms. The van der Waals surface area contributed by atoms with Crippen LogP contribution in [0.1, 0.15) is 36.5 Å². The van der Waals surface area contributed by atoms with E-state index < -0.39 is 17.1 Å². The van der Waals surface area contributed by atoms with Gasteiger partial charge in [0.05, 0.1) is 17.7 Å². The molecular weight excluding hydrogens is 523 g/mol. The number of ether oxygens (including phenoxy) is 1. The molecule has 3 aromatic heterocycles. The van der Waals surface area contributed by atoms with Crippen LogP contribution in [0.3, 0.4) is 0 Å². The van der Waals surface area contributed by atoms with Crippen molar-refractivity contribution in [3.05, 3.63) is 110 Å². The van der Waals surface area contributed by atoms with Crippen molar-refractivity contribution in [3.8, 4) is 11.5 Å². The van der Waals surface area contributed by atoms with Crippen LogP contribution < -0.4 is 11.2 Å². The molecule has 0 radical (unpaired) electrons. The van der Waals surface area contributed by atoms with E-state index in [4.69, 9.17) is 16.3 Å². The van der Waals surface area contributed by atoms with Crippen molar-refractivity contribution in [2.24, 2.45) is 0 Å². The molecule has 0 aliphatic rings. The molecule has 0 spiro atoms. The highest BCUT2D eigenvalue weighted by Gasteiger charge is 2.27. The SMILES string of the molecule is C=C(C)c1c(-n2nc(COCc3ccccc3)n(CC)c2=O)n(-c2c(C)n[nH]c2Cl)c(=O)c2cc(F)ccc12. The molecular formula is C28H26ClFN6O3. The van der Waals surface area contributed by atoms with E-state index in [9.17, 15) is 14.0 Å². The van der Waals surface area contributed by atoms with Gasteiger partial charge >= 0.3 is 5.69 Å². The predicted molar refractivity (Wildman–Crippen MR) is 148 cm³/mol. The number of hydrogen-bond acceptors (Lipinski definition) is 5. The van der Waals surface area contributed by atoms with Gasteiger partial charge in [-0.25, -0.2) is 9.18 Å². The summed E-state index contributed by atoms with van der Waals surface area (Å²) in [5.74, 6) is -0.0781. The lowest BCUT2D eigenvalue weighted by Crippen LogP contribution is -2.32. The van der Waals surface area contributed by atoms with Gasteiger partial charge in [0.1, 0.15) is 23.3 Å². The van der Waals surface area contributed by atoms with E-state index in [1.54, 1.807) is 13.8 Å². The minimum atomic E-state index is -0.587. The van der Waals surface area contributed by atoms with Crippen LogP contribution in [-0.2, 0) is 24.5 Å². The molecule has 0 amide bonds. The summed E-state index contributed by atoms with van der Waals surface area (Å²) < 4.78 is 24.1. The predicted octanol–water partition coefficient (Wildman–Crippen LogP) is 4.93. The average molecular weight is 549 g/mol. The second kappa shape index (κ2) is 10.5. The molecule has 1 N–H and O–H groups in total. The van der Waals surface area contributed by atoms with Crippen molar-refractivity contribution >= 4 is 27.9 Å². The molecule has 2 aromatic carbocycles. The number of fused-ring (bicyclic) bond motifs is 1. The van der Waals surface area contributed by atoms with Gasteiger partial charge in [-0.1, -0.05) is 54.6 Å². The molecule has 0 unspecified atom stereocenters. The van der Waals surface area contributed by atoms with E-state index in [0.29, 0.717) is 41.2 Å². The van der Waals surface area contributed by atoms with E-state index >= 15 is 0 Å². The fourth-order valence-electron chi connectivity index (χ4n) is 4.68. The molecule has 5 rings (SSSR count). The third kappa shape index (κ3) is 4.62. The first-order chi connectivity index (χ1) is 18.7. The van der Waals surface area contributed by atoms with Crippen molar-refractivity contribution in [2.45, 2.75) is 40.5 Å². The molecule has 0 fully saturated rings. The molecule has 200 valence electrons. The maximum atomic E-state index is 14.3. The lowest BCUT2D eigenvalue weighted by atomic mass is 10.0. The van der Waals surface area contributed by atoms with Crippen molar-refractivity contribution in [1.29, 1.82) is 0 Å². The Morgan fingerprint density at radius 3 is 2.51 bits per heavy atom. The van der Waals surface area contributed by atoms with Crippen LogP contribution >= 0.6 is 11.6 Å². The molecule has 5 aromatic rings. The van der Waals surface area contributed by atoms with Crippen LogP contribution in [0.5, 0.6) is 0 Å². The Balaban J connectivity index is 1.79. The number of benzene rings is 2. The first-order valence-electron chi connectivity index (χ1n) is 12.3. The number of allylic oxidation sites excluding steroid dienone is 1. The number of hydrogen-bond donors (Lipinski definition) is 1. The molecule has 9 nitrogen and oxygen atoms in total. The van der Waals surface area contributed by atoms with Crippen molar-refractivity contribution in [2.75, 3.05) is 0 Å². The Morgan fingerprint density at radius 2 is 1.87 bits per heavy atom. The minimum absolute atomic E-state index is 0.0574. The molecule has 0 saturated carbocycles. The third-order valence-corrected chi connectivity index (χ3v) is 6.70. The lowest BCUT2D eigenvalue weighted by Gasteiger charge is -2.19. The van der Waals surface area contributed by atoms with Gasteiger partial charge in [0.15, 0.2) is 11.6 Å². The fourth-order valence-corrected chi connectivity index (χ4v) is 4.94. The number of H-pyrrole nitrogens is 1. The highest BCUT2D eigenvalue weighted by atomic mass is 35.5. The molecule has 11 heteroatoms. The van der Waals surface area contributed by atoms with E-state index in [2.05, 4.69) is 21.9 Å². The van der Waals surface area contributed by atoms with E-state index in [0.717, 1.165) is 16.3 Å². The van der Waals surface area contributed by atoms with Crippen LogP contribution in [0.25, 0.3) is 27.9 Å². The zero-order chi connectivity index (χ0) is 27.8. The second-order valence-corrected chi connectivity index (χ2v) is 9.49. The second-order valence-electron chi connectivity index (χ2n) is 9.11. The first kappa shape index (κ1) is 26.3. The normalized spacial score (nSPS) is 11.4. The number of rotatable bonds is 8. The van der Waals surface area contributed by atoms with Gasteiger partial charge in [0.2, 0.25) is 0 Å². The van der Waals surface area contributed by atoms with Crippen LogP contribution in [-0.4, -0.2) is 29.1 Å². The number of aromatic amines is 1. The summed E-state index contributed by atoms with van der Waals surface area (Å²) in [4.78, 5) is 27.7. The van der Waals surface area contributed by atoms with Crippen LogP contribution in [0, 0.1) is 12.7 Å². The molecule has 0 aliphatic carbocycles. The summed E-state index contributed by atoms with van der Waals surface area (Å²) in [5.41, 5.74) is 1.52. The highest BCUT2D eigenvalue weighted by molar-refractivity contribution is 6.31. The van der Waals surface area contributed by atoms with Gasteiger partial charge in [-0.05, 0) is 49.4 Å². The summed E-state index contributed by atoms with van der Waals surface area (Å²) >= 11 is 6.45. The van der Waals surface area contributed by atoms with E-state index in [-0.39, 0.29) is 28.7 Å². The summed E-state index contributed by atoms with van der Waals surface area (Å²) in [6, 6.07) is 13.6. The third-order valence-electron chi connectivity index (χ3n) is 6.44. The maximum Gasteiger partial charge on any atom is 0.352 e. The molecule has 0 saturated heterocycles. The zero-order valence-corrected chi connectivity index (χ0v) is 22.4. The number of aromatic nitrogens is 6. The Labute approximate surface area is 227 Å². The number of pyridine rings is 1. The van der Waals surface area contributed by atoms with Gasteiger partial charge < -0.3 is 4.74 Å². The largest absolute Gasteiger partial charge is 0.369 e. The van der Waals surface area contributed by atoms with Gasteiger partial charge in [0, 0.05) is 12.1 Å². The molecule has 39 heavy (non-hydrogen) atoms. The Morgan fingerprint density at radius 1 is 1.13 bits per heavy atom. The summed E-state index contributed by atoms with van der Waals surface area (Å²) in [7, 11) is 0. The first-order valence-corrected chi connectivity index (χ1v) is 12.7. The number of nitrogens with one attached hydrogen (secondary N) is 1. The van der Waals surface area contributed by atoms with E-state index in [1.807, 2.05) is 37.3 Å². The smallest absolute Gasteiger partial charge is 0.352 e. The van der Waals surface area contributed by atoms with Crippen LogP contribution in [0.2, 0.25) is 5.15 Å². The molecule has 3 heterocycles. The van der Waals surface area contributed by atoms with Crippen LogP contribution in [0.15, 0.2) is 64.7 Å². The van der Waals surface area contributed by atoms with Crippen LogP contribution in [0.4, 0.5) is 4.39 Å². The summed E-state index contributed by atoms with van der Waals surface area (Å²) in [6.45, 7) is 10.0. The standard InChI is InChI=1S/C28H26ClFN6O3/c1-5-34-22(15-39-14-18-9-7-6-8-10-18)33-36(28(34)38)26-23(16(2)3)20-12-11-19(30)13-21(20)27(37)35(26)24-17(4)31-32-25(24)29/h6-13H,2,5,14-15H2,1,3-4H3,(H,31,32). The summed E-state index contributed by atoms with van der Waals surface area (Å²) in [6.07, 6.45) is 0. The number of aryl methyl sites for hydroxylation is 1. The number of halogens is 2. The maximum absolute atomic E-state index is 14.3. The van der Waals surface area contributed by atoms with Crippen molar-refractivity contribution < 1.29 is 9.13 Å². The Bertz CT molecular complexity index is 1810. The fraction of sp³-hybridized carbons (Fsp3) is 0.214. The van der Waals surface area contributed by atoms with Crippen molar-refractivity contribution in [1.82, 2.24) is 29.1 Å². The average Bonchev–Trinajstić information content (AvgIpc) is 3.41. The van der Waals surface area contributed by atoms with E-state index in [1.165, 1.54) is 21.3 Å². The Hall–Kier alpha value is -4.28.